The molecule has 0 spiro atoms. The zero-order valence-corrected chi connectivity index (χ0v) is 9.82. The van der Waals surface area contributed by atoms with E-state index in [1.165, 1.54) is 0 Å². The lowest BCUT2D eigenvalue weighted by atomic mass is 9.97. The molecule has 0 N–H and O–H groups in total. The standard InChI is InChI=1S/C12H18O4/c1-3-16-11(14)7-10(13)6-9-5-4-8(2)12(9)15/h8-9H,3-7H2,1-2H3/t8-,9+/m0/s1. The molecule has 0 radical (unpaired) electrons. The second-order valence-corrected chi connectivity index (χ2v) is 4.30. The van der Waals surface area contributed by atoms with Gasteiger partial charge >= 0.3 is 5.97 Å². The van der Waals surface area contributed by atoms with Gasteiger partial charge in [0.1, 0.15) is 18.0 Å². The van der Waals surface area contributed by atoms with Crippen LogP contribution in [0.5, 0.6) is 0 Å². The number of hydrogen-bond donors (Lipinski definition) is 0. The van der Waals surface area contributed by atoms with Gasteiger partial charge in [-0.15, -0.1) is 0 Å². The number of esters is 1. The number of carbonyl (C=O) groups is 3. The van der Waals surface area contributed by atoms with Gasteiger partial charge in [0.25, 0.3) is 0 Å². The highest BCUT2D eigenvalue weighted by Crippen LogP contribution is 2.29. The van der Waals surface area contributed by atoms with E-state index >= 15 is 0 Å². The first kappa shape index (κ1) is 12.9. The van der Waals surface area contributed by atoms with E-state index in [4.69, 9.17) is 0 Å². The molecule has 1 aliphatic carbocycles. The van der Waals surface area contributed by atoms with E-state index < -0.39 is 5.97 Å². The molecule has 90 valence electrons. The molecule has 0 aromatic heterocycles. The van der Waals surface area contributed by atoms with Crippen LogP contribution in [-0.2, 0) is 19.1 Å². The highest BCUT2D eigenvalue weighted by Gasteiger charge is 2.32. The summed E-state index contributed by atoms with van der Waals surface area (Å²) < 4.78 is 4.68. The van der Waals surface area contributed by atoms with Gasteiger partial charge in [0.2, 0.25) is 0 Å². The van der Waals surface area contributed by atoms with Crippen LogP contribution in [0.4, 0.5) is 0 Å². The van der Waals surface area contributed by atoms with Crippen molar-refractivity contribution in [2.75, 3.05) is 6.61 Å². The molecule has 0 aromatic carbocycles. The van der Waals surface area contributed by atoms with Crippen LogP contribution in [0.1, 0.15) is 39.5 Å². The Morgan fingerprint density at radius 1 is 1.38 bits per heavy atom. The predicted molar refractivity (Wildman–Crippen MR) is 57.8 cm³/mol. The lowest BCUT2D eigenvalue weighted by Gasteiger charge is -2.07. The Morgan fingerprint density at radius 3 is 2.56 bits per heavy atom. The maximum absolute atomic E-state index is 11.6. The fraction of sp³-hybridized carbons (Fsp3) is 0.750. The van der Waals surface area contributed by atoms with E-state index in [1.54, 1.807) is 6.92 Å². The van der Waals surface area contributed by atoms with Gasteiger partial charge in [0, 0.05) is 18.3 Å². The average Bonchev–Trinajstić information content (AvgIpc) is 2.50. The zero-order chi connectivity index (χ0) is 12.1. The van der Waals surface area contributed by atoms with Crippen LogP contribution in [0, 0.1) is 11.8 Å². The first-order chi connectivity index (χ1) is 7.54. The molecule has 1 saturated carbocycles. The molecule has 16 heavy (non-hydrogen) atoms. The van der Waals surface area contributed by atoms with E-state index in [1.807, 2.05) is 6.92 Å². The summed E-state index contributed by atoms with van der Waals surface area (Å²) in [5, 5.41) is 0. The van der Waals surface area contributed by atoms with Crippen LogP contribution in [0.25, 0.3) is 0 Å². The highest BCUT2D eigenvalue weighted by molar-refractivity contribution is 5.98. The van der Waals surface area contributed by atoms with Gasteiger partial charge in [-0.2, -0.15) is 0 Å². The Bertz CT molecular complexity index is 295. The Labute approximate surface area is 95.3 Å². The third-order valence-electron chi connectivity index (χ3n) is 2.96. The first-order valence-corrected chi connectivity index (χ1v) is 5.75. The lowest BCUT2D eigenvalue weighted by molar-refractivity contribution is -0.146. The largest absolute Gasteiger partial charge is 0.466 e. The minimum atomic E-state index is -0.494. The second-order valence-electron chi connectivity index (χ2n) is 4.30. The molecule has 0 amide bonds. The lowest BCUT2D eigenvalue weighted by Crippen LogP contribution is -2.18. The summed E-state index contributed by atoms with van der Waals surface area (Å²) in [4.78, 5) is 34.1. The van der Waals surface area contributed by atoms with Gasteiger partial charge in [-0.1, -0.05) is 6.92 Å². The van der Waals surface area contributed by atoms with Crippen molar-refractivity contribution < 1.29 is 19.1 Å². The van der Waals surface area contributed by atoms with Crippen molar-refractivity contribution in [2.24, 2.45) is 11.8 Å². The molecular weight excluding hydrogens is 208 g/mol. The first-order valence-electron chi connectivity index (χ1n) is 5.75. The summed E-state index contributed by atoms with van der Waals surface area (Å²) in [5.41, 5.74) is 0. The number of ether oxygens (including phenoxy) is 1. The van der Waals surface area contributed by atoms with Crippen molar-refractivity contribution in [1.29, 1.82) is 0 Å². The Balaban J connectivity index is 2.35. The zero-order valence-electron chi connectivity index (χ0n) is 9.82. The number of ketones is 2. The van der Waals surface area contributed by atoms with Crippen molar-refractivity contribution in [3.63, 3.8) is 0 Å². The fourth-order valence-electron chi connectivity index (χ4n) is 2.06. The molecule has 0 aliphatic heterocycles. The van der Waals surface area contributed by atoms with Gasteiger partial charge < -0.3 is 4.74 Å². The molecule has 0 heterocycles. The van der Waals surface area contributed by atoms with Gasteiger partial charge in [-0.05, 0) is 19.8 Å². The van der Waals surface area contributed by atoms with E-state index in [-0.39, 0.29) is 42.9 Å². The van der Waals surface area contributed by atoms with Crippen LogP contribution >= 0.6 is 0 Å². The van der Waals surface area contributed by atoms with Gasteiger partial charge in [-0.3, -0.25) is 14.4 Å². The summed E-state index contributed by atoms with van der Waals surface area (Å²) in [6, 6.07) is 0. The van der Waals surface area contributed by atoms with Crippen molar-refractivity contribution in [1.82, 2.24) is 0 Å². The average molecular weight is 226 g/mol. The predicted octanol–water partition coefficient (Wildman–Crippen LogP) is 1.51. The molecule has 0 aromatic rings. The van der Waals surface area contributed by atoms with Crippen LogP contribution in [0.3, 0.4) is 0 Å². The van der Waals surface area contributed by atoms with Crippen LogP contribution in [0.2, 0.25) is 0 Å². The molecule has 0 unspecified atom stereocenters. The van der Waals surface area contributed by atoms with E-state index in [9.17, 15) is 14.4 Å². The van der Waals surface area contributed by atoms with Gasteiger partial charge in [0.05, 0.1) is 6.61 Å². The molecule has 1 fully saturated rings. The molecular formula is C12H18O4. The molecule has 0 bridgehead atoms. The Hall–Kier alpha value is -1.19. The third-order valence-corrected chi connectivity index (χ3v) is 2.96. The Kier molecular flexibility index (Phi) is 4.65. The molecule has 2 atom stereocenters. The smallest absolute Gasteiger partial charge is 0.313 e. The summed E-state index contributed by atoms with van der Waals surface area (Å²) in [6.07, 6.45) is 1.62. The molecule has 0 saturated heterocycles. The maximum Gasteiger partial charge on any atom is 0.313 e. The fourth-order valence-corrected chi connectivity index (χ4v) is 2.06. The summed E-state index contributed by atoms with van der Waals surface area (Å²) in [5.74, 6) is -0.619. The SMILES string of the molecule is CCOC(=O)CC(=O)C[C@H]1CC[C@H](C)C1=O. The quantitative estimate of drug-likeness (QED) is 0.526. The van der Waals surface area contributed by atoms with Gasteiger partial charge in [-0.25, -0.2) is 0 Å². The Morgan fingerprint density at radius 2 is 2.06 bits per heavy atom. The summed E-state index contributed by atoms with van der Waals surface area (Å²) in [6.45, 7) is 3.87. The van der Waals surface area contributed by atoms with E-state index in [2.05, 4.69) is 4.74 Å². The van der Waals surface area contributed by atoms with Crippen molar-refractivity contribution in [2.45, 2.75) is 39.5 Å². The second kappa shape index (κ2) is 5.77. The topological polar surface area (TPSA) is 60.4 Å². The number of hydrogen-bond acceptors (Lipinski definition) is 4. The maximum atomic E-state index is 11.6. The minimum absolute atomic E-state index is 0.0698. The minimum Gasteiger partial charge on any atom is -0.466 e. The van der Waals surface area contributed by atoms with Crippen LogP contribution < -0.4 is 0 Å². The molecule has 4 heteroatoms. The molecule has 1 rings (SSSR count). The van der Waals surface area contributed by atoms with Gasteiger partial charge in [0.15, 0.2) is 0 Å². The van der Waals surface area contributed by atoms with Crippen LogP contribution in [-0.4, -0.2) is 24.1 Å². The van der Waals surface area contributed by atoms with E-state index in [0.717, 1.165) is 12.8 Å². The van der Waals surface area contributed by atoms with Crippen molar-refractivity contribution >= 4 is 17.5 Å². The third kappa shape index (κ3) is 3.43. The monoisotopic (exact) mass is 226 g/mol. The number of carbonyl (C=O) groups excluding carboxylic acids is 3. The number of rotatable bonds is 5. The summed E-state index contributed by atoms with van der Waals surface area (Å²) in [7, 11) is 0. The summed E-state index contributed by atoms with van der Waals surface area (Å²) >= 11 is 0. The van der Waals surface area contributed by atoms with Crippen molar-refractivity contribution in [3.8, 4) is 0 Å². The van der Waals surface area contributed by atoms with E-state index in [0.29, 0.717) is 0 Å². The van der Waals surface area contributed by atoms with Crippen LogP contribution in [0.15, 0.2) is 0 Å². The molecule has 4 nitrogen and oxygen atoms in total. The highest BCUT2D eigenvalue weighted by atomic mass is 16.5. The molecule has 1 aliphatic rings. The number of Topliss-reactive ketones (excluding diaryl/α,β-unsaturated/α-hetero) is 2. The van der Waals surface area contributed by atoms with Crippen molar-refractivity contribution in [3.05, 3.63) is 0 Å². The normalized spacial score (nSPS) is 24.5.